The lowest BCUT2D eigenvalue weighted by molar-refractivity contribution is -0.122. The fourth-order valence-electron chi connectivity index (χ4n) is 2.79. The molecular formula is C17H23N5O2. The van der Waals surface area contributed by atoms with Crippen LogP contribution in [0, 0.1) is 6.92 Å². The number of nitrogens with zero attached hydrogens (tertiary/aromatic N) is 4. The Hall–Kier alpha value is -2.28. The van der Waals surface area contributed by atoms with Crippen molar-refractivity contribution >= 4 is 5.91 Å². The van der Waals surface area contributed by atoms with Crippen molar-refractivity contribution in [3.63, 3.8) is 0 Å². The Bertz CT molecular complexity index is 689. The molecule has 0 radical (unpaired) electrons. The van der Waals surface area contributed by atoms with E-state index in [9.17, 15) is 4.79 Å². The first-order chi connectivity index (χ1) is 11.5. The molecule has 128 valence electrons. The van der Waals surface area contributed by atoms with Crippen molar-refractivity contribution in [3.05, 3.63) is 41.7 Å². The number of amides is 1. The normalized spacial score (nSPS) is 20.8. The highest BCUT2D eigenvalue weighted by Crippen LogP contribution is 2.32. The number of aromatic nitrogens is 4. The Labute approximate surface area is 141 Å². The predicted molar refractivity (Wildman–Crippen MR) is 88.0 cm³/mol. The van der Waals surface area contributed by atoms with Crippen LogP contribution < -0.4 is 5.32 Å². The molecule has 0 spiro atoms. The van der Waals surface area contributed by atoms with Crippen LogP contribution in [0.5, 0.6) is 0 Å². The Morgan fingerprint density at radius 2 is 2.12 bits per heavy atom. The average Bonchev–Trinajstić information content (AvgIpc) is 2.99. The third-order valence-electron chi connectivity index (χ3n) is 4.20. The Morgan fingerprint density at radius 3 is 2.75 bits per heavy atom. The van der Waals surface area contributed by atoms with Crippen molar-refractivity contribution in [1.82, 2.24) is 25.1 Å². The van der Waals surface area contributed by atoms with Crippen molar-refractivity contribution in [2.24, 2.45) is 0 Å². The summed E-state index contributed by atoms with van der Waals surface area (Å²) in [6, 6.07) is 0. The second-order valence-corrected chi connectivity index (χ2v) is 6.44. The van der Waals surface area contributed by atoms with E-state index in [4.69, 9.17) is 4.74 Å². The van der Waals surface area contributed by atoms with Crippen LogP contribution in [0.25, 0.3) is 0 Å². The van der Waals surface area contributed by atoms with E-state index in [2.05, 4.69) is 20.4 Å². The number of rotatable bonds is 5. The summed E-state index contributed by atoms with van der Waals surface area (Å²) in [5.41, 5.74) is 1.51. The molecule has 7 nitrogen and oxygen atoms in total. The molecule has 0 unspecified atom stereocenters. The number of carbonyl (C=O) groups excluding carboxylic acids is 1. The van der Waals surface area contributed by atoms with E-state index in [1.54, 1.807) is 23.3 Å². The number of nitrogens with one attached hydrogen (secondary N) is 1. The molecule has 1 fully saturated rings. The standard InChI is InChI=1S/C17H23N5O2/c1-13-7-21-22(11-13)12-15(23)18-8-14-9-19-16(20-10-14)17(2)5-3-4-6-24-17/h7,9-11H,3-6,8,12H2,1-2H3,(H,18,23)/t17-/m1/s1. The lowest BCUT2D eigenvalue weighted by Crippen LogP contribution is -2.32. The zero-order valence-electron chi connectivity index (χ0n) is 14.2. The van der Waals surface area contributed by atoms with Crippen LogP contribution in [0.4, 0.5) is 0 Å². The highest BCUT2D eigenvalue weighted by molar-refractivity contribution is 5.75. The number of hydrogen-bond donors (Lipinski definition) is 1. The van der Waals surface area contributed by atoms with Gasteiger partial charge in [-0.25, -0.2) is 9.97 Å². The van der Waals surface area contributed by atoms with E-state index in [1.807, 2.05) is 20.0 Å². The van der Waals surface area contributed by atoms with Gasteiger partial charge in [-0.05, 0) is 38.7 Å². The van der Waals surface area contributed by atoms with E-state index in [1.165, 1.54) is 0 Å². The van der Waals surface area contributed by atoms with Crippen molar-refractivity contribution in [2.45, 2.75) is 51.8 Å². The van der Waals surface area contributed by atoms with Crippen LogP contribution in [-0.4, -0.2) is 32.3 Å². The monoisotopic (exact) mass is 329 g/mol. The predicted octanol–water partition coefficient (Wildman–Crippen LogP) is 1.71. The Morgan fingerprint density at radius 1 is 1.33 bits per heavy atom. The first kappa shape index (κ1) is 16.6. The third-order valence-corrected chi connectivity index (χ3v) is 4.20. The van der Waals surface area contributed by atoms with Crippen LogP contribution >= 0.6 is 0 Å². The molecule has 1 aliphatic rings. The number of hydrogen-bond acceptors (Lipinski definition) is 5. The lowest BCUT2D eigenvalue weighted by atomic mass is 9.95. The van der Waals surface area contributed by atoms with Crippen LogP contribution in [0.15, 0.2) is 24.8 Å². The minimum absolute atomic E-state index is 0.0928. The molecule has 7 heteroatoms. The van der Waals surface area contributed by atoms with E-state index in [-0.39, 0.29) is 12.5 Å². The van der Waals surface area contributed by atoms with Gasteiger partial charge in [0.1, 0.15) is 12.1 Å². The lowest BCUT2D eigenvalue weighted by Gasteiger charge is -2.32. The summed E-state index contributed by atoms with van der Waals surface area (Å²) in [7, 11) is 0. The van der Waals surface area contributed by atoms with Crippen molar-refractivity contribution < 1.29 is 9.53 Å². The smallest absolute Gasteiger partial charge is 0.241 e. The summed E-state index contributed by atoms with van der Waals surface area (Å²) in [6.45, 7) is 5.34. The van der Waals surface area contributed by atoms with Gasteiger partial charge in [0.05, 0.1) is 6.20 Å². The summed E-state index contributed by atoms with van der Waals surface area (Å²) < 4.78 is 7.47. The van der Waals surface area contributed by atoms with E-state index in [0.29, 0.717) is 12.4 Å². The molecule has 1 aliphatic heterocycles. The van der Waals surface area contributed by atoms with Crippen LogP contribution in [0.1, 0.15) is 43.1 Å². The fraction of sp³-hybridized carbons (Fsp3) is 0.529. The highest BCUT2D eigenvalue weighted by Gasteiger charge is 2.32. The van der Waals surface area contributed by atoms with Gasteiger partial charge in [0.2, 0.25) is 5.91 Å². The Balaban J connectivity index is 1.53. The SMILES string of the molecule is Cc1cnn(CC(=O)NCc2cnc([C@@]3(C)CCCCO3)nc2)c1. The molecule has 0 bridgehead atoms. The summed E-state index contributed by atoms with van der Waals surface area (Å²) in [5, 5.41) is 6.95. The molecule has 24 heavy (non-hydrogen) atoms. The maximum absolute atomic E-state index is 11.9. The van der Waals surface area contributed by atoms with E-state index in [0.717, 1.165) is 37.0 Å². The molecule has 3 rings (SSSR count). The molecule has 0 saturated carbocycles. The minimum atomic E-state index is -0.391. The largest absolute Gasteiger partial charge is 0.367 e. The summed E-state index contributed by atoms with van der Waals surface area (Å²) in [6.07, 6.45) is 10.2. The maximum Gasteiger partial charge on any atom is 0.241 e. The van der Waals surface area contributed by atoms with E-state index >= 15 is 0 Å². The van der Waals surface area contributed by atoms with Crippen molar-refractivity contribution in [2.75, 3.05) is 6.61 Å². The highest BCUT2D eigenvalue weighted by atomic mass is 16.5. The van der Waals surface area contributed by atoms with Gasteiger partial charge in [0.25, 0.3) is 0 Å². The zero-order chi connectivity index (χ0) is 17.0. The van der Waals surface area contributed by atoms with Crippen LogP contribution in [0.2, 0.25) is 0 Å². The quantitative estimate of drug-likeness (QED) is 0.903. The van der Waals surface area contributed by atoms with Gasteiger partial charge in [-0.2, -0.15) is 5.10 Å². The van der Waals surface area contributed by atoms with Gasteiger partial charge >= 0.3 is 0 Å². The summed E-state index contributed by atoms with van der Waals surface area (Å²) in [4.78, 5) is 20.8. The van der Waals surface area contributed by atoms with Gasteiger partial charge in [-0.3, -0.25) is 9.48 Å². The zero-order valence-corrected chi connectivity index (χ0v) is 14.2. The molecule has 1 amide bonds. The first-order valence-electron chi connectivity index (χ1n) is 8.26. The Kier molecular flexibility index (Phi) is 4.89. The molecule has 0 aliphatic carbocycles. The van der Waals surface area contributed by atoms with E-state index < -0.39 is 5.60 Å². The second-order valence-electron chi connectivity index (χ2n) is 6.44. The van der Waals surface area contributed by atoms with Crippen LogP contribution in [0.3, 0.4) is 0 Å². The van der Waals surface area contributed by atoms with Gasteiger partial charge in [-0.15, -0.1) is 0 Å². The topological polar surface area (TPSA) is 81.9 Å². The molecule has 2 aromatic rings. The number of aryl methyl sites for hydroxylation is 1. The second kappa shape index (κ2) is 7.09. The fourth-order valence-corrected chi connectivity index (χ4v) is 2.79. The van der Waals surface area contributed by atoms with Crippen LogP contribution in [-0.2, 0) is 28.2 Å². The molecular weight excluding hydrogens is 306 g/mol. The van der Waals surface area contributed by atoms with Crippen molar-refractivity contribution in [3.8, 4) is 0 Å². The van der Waals surface area contributed by atoms with Gasteiger partial charge in [-0.1, -0.05) is 0 Å². The van der Waals surface area contributed by atoms with Gasteiger partial charge < -0.3 is 10.1 Å². The summed E-state index contributed by atoms with van der Waals surface area (Å²) in [5.74, 6) is 0.619. The van der Waals surface area contributed by atoms with Gasteiger partial charge in [0, 0.05) is 37.3 Å². The molecule has 1 atom stereocenters. The van der Waals surface area contributed by atoms with Crippen molar-refractivity contribution in [1.29, 1.82) is 0 Å². The maximum atomic E-state index is 11.9. The molecule has 2 aromatic heterocycles. The first-order valence-corrected chi connectivity index (χ1v) is 8.26. The van der Waals surface area contributed by atoms with Gasteiger partial charge in [0.15, 0.2) is 5.82 Å². The average molecular weight is 329 g/mol. The third kappa shape index (κ3) is 3.97. The molecule has 3 heterocycles. The molecule has 1 N–H and O–H groups in total. The molecule has 1 saturated heterocycles. The number of ether oxygens (including phenoxy) is 1. The molecule has 0 aromatic carbocycles. The summed E-state index contributed by atoms with van der Waals surface area (Å²) >= 11 is 0. The number of carbonyl (C=O) groups is 1. The minimum Gasteiger partial charge on any atom is -0.367 e.